The van der Waals surface area contributed by atoms with E-state index in [0.717, 1.165) is 22.3 Å². The number of halogens is 1. The zero-order chi connectivity index (χ0) is 24.1. The summed E-state index contributed by atoms with van der Waals surface area (Å²) < 4.78 is 5.48. The number of hydrogen-bond acceptors (Lipinski definition) is 5. The van der Waals surface area contributed by atoms with Gasteiger partial charge in [-0.05, 0) is 34.2 Å². The highest BCUT2D eigenvalue weighted by atomic mass is 35.5. The lowest BCUT2D eigenvalue weighted by atomic mass is 9.98. The molecule has 3 aromatic rings. The van der Waals surface area contributed by atoms with Gasteiger partial charge in [0.2, 0.25) is 0 Å². The first kappa shape index (κ1) is 24.0. The Labute approximate surface area is 203 Å². The maximum Gasteiger partial charge on any atom is 0.407 e. The Hall–Kier alpha value is -3.19. The molecule has 176 valence electrons. The number of carbonyl (C=O) groups excluding carboxylic acids is 2. The number of ether oxygens (including phenoxy) is 1. The van der Waals surface area contributed by atoms with Crippen molar-refractivity contribution in [2.24, 2.45) is 0 Å². The van der Waals surface area contributed by atoms with Gasteiger partial charge >= 0.3 is 6.09 Å². The number of alkyl carbamates (subject to hydrolysis) is 1. The van der Waals surface area contributed by atoms with E-state index in [2.05, 4.69) is 29.6 Å². The number of nitrogens with one attached hydrogen (secondary N) is 1. The predicted octanol–water partition coefficient (Wildman–Crippen LogP) is 4.43. The van der Waals surface area contributed by atoms with E-state index in [9.17, 15) is 19.8 Å². The lowest BCUT2D eigenvalue weighted by Crippen LogP contribution is -2.30. The van der Waals surface area contributed by atoms with Gasteiger partial charge in [-0.3, -0.25) is 4.79 Å². The molecule has 1 amide bonds. The number of alkyl halides is 1. The Morgan fingerprint density at radius 3 is 2.09 bits per heavy atom. The normalized spacial score (nSPS) is 14.1. The molecule has 2 unspecified atom stereocenters. The molecule has 4 rings (SSSR count). The summed E-state index contributed by atoms with van der Waals surface area (Å²) >= 11 is 5.54. The second-order valence-electron chi connectivity index (χ2n) is 8.23. The van der Waals surface area contributed by atoms with E-state index in [1.807, 2.05) is 24.3 Å². The van der Waals surface area contributed by atoms with E-state index in [1.54, 1.807) is 24.3 Å². The third kappa shape index (κ3) is 5.14. The molecule has 6 nitrogen and oxygen atoms in total. The summed E-state index contributed by atoms with van der Waals surface area (Å²) in [6, 6.07) is 22.5. The standard InChI is InChI=1S/C27H26ClNO5/c28-15-25(31)17-9-11-18(12-10-17)26(32)24(30)13-14-29-27(33)34-16-23-21-7-3-1-5-19(21)20-6-2-4-8-22(20)23/h1-12,23-24,26,30,32H,13-16H2,(H,29,33). The molecule has 0 fully saturated rings. The lowest BCUT2D eigenvalue weighted by Gasteiger charge is -2.19. The zero-order valence-corrected chi connectivity index (χ0v) is 19.2. The summed E-state index contributed by atoms with van der Waals surface area (Å²) in [5.74, 6) is -0.360. The molecular weight excluding hydrogens is 454 g/mol. The third-order valence-corrected chi connectivity index (χ3v) is 6.36. The number of ketones is 1. The van der Waals surface area contributed by atoms with Crippen LogP contribution in [-0.4, -0.2) is 47.2 Å². The van der Waals surface area contributed by atoms with Gasteiger partial charge in [-0.1, -0.05) is 72.8 Å². The fourth-order valence-electron chi connectivity index (χ4n) is 4.29. The molecule has 0 saturated heterocycles. The fourth-order valence-corrected chi connectivity index (χ4v) is 4.45. The van der Waals surface area contributed by atoms with Gasteiger partial charge in [-0.25, -0.2) is 4.79 Å². The van der Waals surface area contributed by atoms with Gasteiger partial charge in [0.25, 0.3) is 0 Å². The van der Waals surface area contributed by atoms with Crippen LogP contribution in [0.1, 0.15) is 45.5 Å². The minimum absolute atomic E-state index is 0.0285. The Morgan fingerprint density at radius 2 is 1.50 bits per heavy atom. The second-order valence-corrected chi connectivity index (χ2v) is 8.50. The van der Waals surface area contributed by atoms with Crippen LogP contribution in [0.15, 0.2) is 72.8 Å². The van der Waals surface area contributed by atoms with Crippen molar-refractivity contribution in [1.82, 2.24) is 5.32 Å². The first-order valence-corrected chi connectivity index (χ1v) is 11.7. The number of Topliss-reactive ketones (excluding diaryl/α,β-unsaturated/α-hetero) is 1. The largest absolute Gasteiger partial charge is 0.449 e. The van der Waals surface area contributed by atoms with E-state index in [4.69, 9.17) is 16.3 Å². The van der Waals surface area contributed by atoms with Gasteiger partial charge in [0.1, 0.15) is 12.7 Å². The highest BCUT2D eigenvalue weighted by molar-refractivity contribution is 6.30. The van der Waals surface area contributed by atoms with Crippen LogP contribution in [0.5, 0.6) is 0 Å². The summed E-state index contributed by atoms with van der Waals surface area (Å²) in [5.41, 5.74) is 5.49. The number of aliphatic hydroxyl groups excluding tert-OH is 2. The van der Waals surface area contributed by atoms with E-state index in [1.165, 1.54) is 0 Å². The van der Waals surface area contributed by atoms with Crippen LogP contribution >= 0.6 is 11.6 Å². The molecule has 3 aromatic carbocycles. The number of fused-ring (bicyclic) bond motifs is 3. The van der Waals surface area contributed by atoms with Crippen LogP contribution in [0.2, 0.25) is 0 Å². The molecule has 1 aliphatic carbocycles. The molecule has 0 bridgehead atoms. The summed E-state index contributed by atoms with van der Waals surface area (Å²) in [7, 11) is 0. The molecule has 1 aliphatic rings. The van der Waals surface area contributed by atoms with Crippen molar-refractivity contribution in [1.29, 1.82) is 0 Å². The monoisotopic (exact) mass is 479 g/mol. The first-order valence-electron chi connectivity index (χ1n) is 11.1. The molecule has 0 heterocycles. The molecule has 0 saturated carbocycles. The van der Waals surface area contributed by atoms with E-state index < -0.39 is 18.3 Å². The van der Waals surface area contributed by atoms with Crippen LogP contribution in [-0.2, 0) is 4.74 Å². The first-order chi connectivity index (χ1) is 16.5. The van der Waals surface area contributed by atoms with Crippen LogP contribution in [0.3, 0.4) is 0 Å². The zero-order valence-electron chi connectivity index (χ0n) is 18.5. The number of hydrogen-bond donors (Lipinski definition) is 3. The van der Waals surface area contributed by atoms with E-state index in [0.29, 0.717) is 11.1 Å². The summed E-state index contributed by atoms with van der Waals surface area (Å²) in [6.45, 7) is 0.343. The van der Waals surface area contributed by atoms with Gasteiger partial charge in [0.15, 0.2) is 5.78 Å². The Morgan fingerprint density at radius 1 is 0.912 bits per heavy atom. The topological polar surface area (TPSA) is 95.9 Å². The predicted molar refractivity (Wildman–Crippen MR) is 130 cm³/mol. The molecule has 0 radical (unpaired) electrons. The number of amides is 1. The fraction of sp³-hybridized carbons (Fsp3) is 0.259. The molecule has 0 spiro atoms. The maximum absolute atomic E-state index is 12.3. The average Bonchev–Trinajstić information content (AvgIpc) is 3.20. The van der Waals surface area contributed by atoms with Gasteiger partial charge in [-0.15, -0.1) is 11.6 Å². The average molecular weight is 480 g/mol. The van der Waals surface area contributed by atoms with Crippen LogP contribution in [0.4, 0.5) is 4.79 Å². The van der Waals surface area contributed by atoms with Crippen molar-refractivity contribution in [3.63, 3.8) is 0 Å². The van der Waals surface area contributed by atoms with Crippen molar-refractivity contribution in [2.75, 3.05) is 19.0 Å². The lowest BCUT2D eigenvalue weighted by molar-refractivity contribution is 0.0136. The highest BCUT2D eigenvalue weighted by Gasteiger charge is 2.29. The van der Waals surface area contributed by atoms with Gasteiger partial charge in [-0.2, -0.15) is 0 Å². The molecule has 0 aromatic heterocycles. The van der Waals surface area contributed by atoms with Crippen molar-refractivity contribution in [3.8, 4) is 11.1 Å². The maximum atomic E-state index is 12.3. The molecule has 3 N–H and O–H groups in total. The van der Waals surface area contributed by atoms with E-state index >= 15 is 0 Å². The molecule has 2 atom stereocenters. The van der Waals surface area contributed by atoms with Gasteiger partial charge < -0.3 is 20.3 Å². The Kier molecular flexibility index (Phi) is 7.63. The number of carbonyl (C=O) groups is 2. The smallest absolute Gasteiger partial charge is 0.407 e. The van der Waals surface area contributed by atoms with Gasteiger partial charge in [0.05, 0.1) is 12.0 Å². The summed E-state index contributed by atoms with van der Waals surface area (Å²) in [6.07, 6.45) is -2.69. The van der Waals surface area contributed by atoms with E-state index in [-0.39, 0.29) is 37.2 Å². The van der Waals surface area contributed by atoms with Crippen molar-refractivity contribution < 1.29 is 24.5 Å². The van der Waals surface area contributed by atoms with Crippen LogP contribution in [0.25, 0.3) is 11.1 Å². The highest BCUT2D eigenvalue weighted by Crippen LogP contribution is 2.44. The summed E-state index contributed by atoms with van der Waals surface area (Å²) in [4.78, 5) is 23.9. The SMILES string of the molecule is O=C(NCCC(O)C(O)c1ccc(C(=O)CCl)cc1)OCC1c2ccccc2-c2ccccc21. The second kappa shape index (κ2) is 10.8. The number of rotatable bonds is 9. The molecule has 0 aliphatic heterocycles. The number of aliphatic hydroxyl groups is 2. The van der Waals surface area contributed by atoms with Gasteiger partial charge in [0, 0.05) is 18.0 Å². The quantitative estimate of drug-likeness (QED) is 0.311. The Balaban J connectivity index is 1.26. The van der Waals surface area contributed by atoms with Crippen molar-refractivity contribution in [3.05, 3.63) is 95.1 Å². The molecular formula is C27H26ClNO5. The van der Waals surface area contributed by atoms with Crippen LogP contribution in [0, 0.1) is 0 Å². The molecule has 7 heteroatoms. The minimum atomic E-state index is -1.15. The molecule has 34 heavy (non-hydrogen) atoms. The van der Waals surface area contributed by atoms with Crippen LogP contribution < -0.4 is 5.32 Å². The Bertz CT molecular complexity index is 1120. The van der Waals surface area contributed by atoms with Crippen molar-refractivity contribution >= 4 is 23.5 Å². The summed E-state index contributed by atoms with van der Waals surface area (Å²) in [5, 5.41) is 23.3. The third-order valence-electron chi connectivity index (χ3n) is 6.11. The minimum Gasteiger partial charge on any atom is -0.449 e. The number of benzene rings is 3. The van der Waals surface area contributed by atoms with Crippen molar-refractivity contribution in [2.45, 2.75) is 24.5 Å².